The number of ether oxygens (including phenoxy) is 1. The first-order valence-corrected chi connectivity index (χ1v) is 26.1. The Labute approximate surface area is 488 Å². The summed E-state index contributed by atoms with van der Waals surface area (Å²) in [4.78, 5) is 144. The summed E-state index contributed by atoms with van der Waals surface area (Å²) in [5, 5.41) is 33.3. The molecule has 32 nitrogen and oxygen atoms in total. The van der Waals surface area contributed by atoms with E-state index in [1.165, 1.54) is 127 Å². The van der Waals surface area contributed by atoms with Gasteiger partial charge in [0.15, 0.2) is 17.5 Å². The molecule has 32 heteroatoms. The van der Waals surface area contributed by atoms with Crippen LogP contribution in [0.2, 0.25) is 0 Å². The highest BCUT2D eigenvalue weighted by atomic mass is 16.6. The Balaban J connectivity index is 0.843. The minimum absolute atomic E-state index is 0.000936. The van der Waals surface area contributed by atoms with Gasteiger partial charge in [-0.3, -0.25) is 38.4 Å². The zero-order valence-corrected chi connectivity index (χ0v) is 48.4. The van der Waals surface area contributed by atoms with Crippen LogP contribution in [0.3, 0.4) is 0 Å². The number of carbonyl (C=O) groups is 10. The SMILES string of the molecule is Cn1cc(NC(=O)c2cc(NC(=O)c3nc(NC(=O)c4cc(NC(=O)[C@H](CCNC(=O)c5nc(NC(=O)c6cc(NC(=O)c7cc(NC(=O)c8nccn8C)cn7C)cn6C)cn5C)NC(=O)OC(C)(C)C)cn4C)cn3C)cn2C)cc1C(=O)O. The van der Waals surface area contributed by atoms with Crippen molar-refractivity contribution in [3.05, 3.63) is 132 Å². The normalized spacial score (nSPS) is 11.5. The van der Waals surface area contributed by atoms with Crippen LogP contribution in [0.1, 0.15) is 111 Å². The number of imidazole rings is 3. The Kier molecular flexibility index (Phi) is 17.3. The third-order valence-electron chi connectivity index (χ3n) is 12.9. The highest BCUT2D eigenvalue weighted by molar-refractivity contribution is 6.10. The molecule has 0 radical (unpaired) electrons. The van der Waals surface area contributed by atoms with Crippen LogP contribution in [-0.4, -0.2) is 134 Å². The molecule has 0 aliphatic rings. The number of anilines is 7. The van der Waals surface area contributed by atoms with Crippen molar-refractivity contribution in [2.45, 2.75) is 38.8 Å². The molecule has 9 amide bonds. The third-order valence-corrected chi connectivity index (χ3v) is 12.9. The number of aromatic carboxylic acids is 1. The summed E-state index contributed by atoms with van der Waals surface area (Å²) >= 11 is 0. The monoisotopic (exact) mass is 1180 g/mol. The van der Waals surface area contributed by atoms with Gasteiger partial charge in [0.25, 0.3) is 41.4 Å². The molecule has 450 valence electrons. The van der Waals surface area contributed by atoms with Crippen molar-refractivity contribution >= 4 is 99.4 Å². The topological polar surface area (TPSA) is 387 Å². The Morgan fingerprint density at radius 1 is 0.465 bits per heavy atom. The highest BCUT2D eigenvalue weighted by Crippen LogP contribution is 2.23. The van der Waals surface area contributed by atoms with Crippen molar-refractivity contribution < 1.29 is 57.8 Å². The molecule has 0 spiro atoms. The fraction of sp³-hybridized carbons (Fsp3) is 0.278. The van der Waals surface area contributed by atoms with Crippen LogP contribution in [0.25, 0.3) is 0 Å². The minimum Gasteiger partial charge on any atom is -0.477 e. The first-order chi connectivity index (χ1) is 40.5. The average Bonchev–Trinajstić information content (AvgIpc) is 4.53. The lowest BCUT2D eigenvalue weighted by molar-refractivity contribution is -0.118. The van der Waals surface area contributed by atoms with E-state index in [0.29, 0.717) is 5.69 Å². The van der Waals surface area contributed by atoms with E-state index in [0.717, 1.165) is 0 Å². The van der Waals surface area contributed by atoms with Crippen molar-refractivity contribution in [3.63, 3.8) is 0 Å². The van der Waals surface area contributed by atoms with Gasteiger partial charge in [0.2, 0.25) is 17.6 Å². The fourth-order valence-electron chi connectivity index (χ4n) is 8.82. The van der Waals surface area contributed by atoms with Gasteiger partial charge in [-0.05, 0) is 57.5 Å². The van der Waals surface area contributed by atoms with Gasteiger partial charge in [-0.15, -0.1) is 0 Å². The maximum Gasteiger partial charge on any atom is 0.408 e. The second-order valence-electron chi connectivity index (χ2n) is 20.9. The molecular formula is C54H62N20O12. The molecule has 8 rings (SSSR count). The van der Waals surface area contributed by atoms with Crippen LogP contribution in [0.15, 0.2) is 86.1 Å². The number of aryl methyl sites for hydroxylation is 8. The molecule has 8 aromatic heterocycles. The number of nitrogens with one attached hydrogen (secondary N) is 9. The minimum atomic E-state index is -1.30. The number of aromatic nitrogens is 11. The van der Waals surface area contributed by atoms with Gasteiger partial charge >= 0.3 is 12.1 Å². The standard InChI is InChI=1S/C54H62N20O12/c1-54(2,3)86-53(85)62-33(12-13-56-49(80)42-63-39(26-73(42)10)65-48(79)37-17-29(22-71(37)8)58-45(76)34-18-30(23-68(34)5)60-50(81)41-55-14-15-67(41)4)44(75)57-28-16-36(70(7)21-28)47(78)66-40-27-74(11)43(64-40)51(82)61-31-19-35(69(6)24-31)46(77)59-32-20-38(52(83)84)72(9)25-32/h14-27,33H,12-13H2,1-11H3,(H,56,80)(H,57,75)(H,58,76)(H,59,77)(H,60,81)(H,61,82)(H,62,85)(H,65,79)(H,66,78)(H,83,84)/t33-/m0/s1. The molecule has 0 aliphatic heterocycles. The van der Waals surface area contributed by atoms with Gasteiger partial charge < -0.3 is 94.2 Å². The highest BCUT2D eigenvalue weighted by Gasteiger charge is 2.28. The maximum absolute atomic E-state index is 13.9. The van der Waals surface area contributed by atoms with Crippen LogP contribution < -0.4 is 47.9 Å². The average molecular weight is 1180 g/mol. The molecule has 0 bridgehead atoms. The lowest BCUT2D eigenvalue weighted by atomic mass is 10.2. The summed E-state index contributed by atoms with van der Waals surface area (Å²) in [7, 11) is 12.6. The number of rotatable bonds is 20. The van der Waals surface area contributed by atoms with Crippen molar-refractivity contribution in [1.29, 1.82) is 0 Å². The van der Waals surface area contributed by atoms with Crippen molar-refractivity contribution in [2.24, 2.45) is 56.4 Å². The molecule has 0 saturated carbocycles. The number of carboxylic acids is 1. The zero-order chi connectivity index (χ0) is 62.6. The number of nitrogens with zero attached hydrogens (tertiary/aromatic N) is 11. The van der Waals surface area contributed by atoms with Gasteiger partial charge in [-0.25, -0.2) is 24.5 Å². The van der Waals surface area contributed by atoms with E-state index in [4.69, 9.17) is 4.74 Å². The molecule has 0 fully saturated rings. The van der Waals surface area contributed by atoms with Crippen LogP contribution >= 0.6 is 0 Å². The Morgan fingerprint density at radius 2 is 0.837 bits per heavy atom. The molecular weight excluding hydrogens is 1120 g/mol. The van der Waals surface area contributed by atoms with Gasteiger partial charge in [0.1, 0.15) is 40.1 Å². The van der Waals surface area contributed by atoms with Gasteiger partial charge in [-0.1, -0.05) is 0 Å². The first-order valence-electron chi connectivity index (χ1n) is 26.1. The molecule has 0 aliphatic carbocycles. The number of alkyl carbamates (subject to hydrolysis) is 1. The fourth-order valence-corrected chi connectivity index (χ4v) is 8.82. The Bertz CT molecular complexity index is 4020. The van der Waals surface area contributed by atoms with Crippen molar-refractivity contribution in [2.75, 3.05) is 43.8 Å². The van der Waals surface area contributed by atoms with E-state index < -0.39 is 71.0 Å². The number of amides is 9. The summed E-state index contributed by atoms with van der Waals surface area (Å²) in [5.41, 5.74) is 0.875. The Hall–Kier alpha value is -11.5. The summed E-state index contributed by atoms with van der Waals surface area (Å²) < 4.78 is 16.9. The summed E-state index contributed by atoms with van der Waals surface area (Å²) in [6.45, 7) is 4.74. The molecule has 0 unspecified atom stereocenters. The summed E-state index contributed by atoms with van der Waals surface area (Å²) in [6.07, 6.45) is 12.3. The van der Waals surface area contributed by atoms with Crippen LogP contribution in [0.5, 0.6) is 0 Å². The van der Waals surface area contributed by atoms with E-state index in [2.05, 4.69) is 62.8 Å². The van der Waals surface area contributed by atoms with Crippen molar-refractivity contribution in [1.82, 2.24) is 62.1 Å². The second kappa shape index (κ2) is 24.5. The number of hydrogen-bond donors (Lipinski definition) is 10. The quantitative estimate of drug-likeness (QED) is 0.0523. The van der Waals surface area contributed by atoms with E-state index in [9.17, 15) is 53.1 Å². The van der Waals surface area contributed by atoms with Gasteiger partial charge in [0.05, 0.1) is 28.4 Å². The lowest BCUT2D eigenvalue weighted by Gasteiger charge is -2.23. The third kappa shape index (κ3) is 14.2. The van der Waals surface area contributed by atoms with Crippen LogP contribution in [0, 0.1) is 0 Å². The molecule has 0 aromatic carbocycles. The smallest absolute Gasteiger partial charge is 0.408 e. The molecule has 10 N–H and O–H groups in total. The van der Waals surface area contributed by atoms with Gasteiger partial charge in [-0.2, -0.15) is 0 Å². The van der Waals surface area contributed by atoms with Crippen LogP contribution in [-0.2, 0) is 65.9 Å². The predicted molar refractivity (Wildman–Crippen MR) is 310 cm³/mol. The largest absolute Gasteiger partial charge is 0.477 e. The second-order valence-corrected chi connectivity index (χ2v) is 20.9. The number of carbonyl (C=O) groups excluding carboxylic acids is 9. The first kappa shape index (κ1) is 60.6. The number of carboxylic acid groups (broad SMARTS) is 1. The maximum atomic E-state index is 13.9. The summed E-state index contributed by atoms with van der Waals surface area (Å²) in [5.74, 6) is -6.13. The van der Waals surface area contributed by atoms with Gasteiger partial charge in [0, 0.05) is 119 Å². The predicted octanol–water partition coefficient (Wildman–Crippen LogP) is 3.44. The zero-order valence-electron chi connectivity index (χ0n) is 48.4. The molecule has 8 heterocycles. The number of hydrogen-bond acceptors (Lipinski definition) is 14. The van der Waals surface area contributed by atoms with E-state index in [1.807, 2.05) is 0 Å². The summed E-state index contributed by atoms with van der Waals surface area (Å²) in [6, 6.07) is 5.73. The molecule has 0 saturated heterocycles. The molecule has 86 heavy (non-hydrogen) atoms. The molecule has 1 atom stereocenters. The van der Waals surface area contributed by atoms with Crippen molar-refractivity contribution in [3.8, 4) is 0 Å². The van der Waals surface area contributed by atoms with E-state index in [-0.39, 0.29) is 93.3 Å². The lowest BCUT2D eigenvalue weighted by Crippen LogP contribution is -2.47. The Morgan fingerprint density at radius 3 is 1.23 bits per heavy atom. The van der Waals surface area contributed by atoms with E-state index >= 15 is 0 Å². The molecule has 8 aromatic rings. The van der Waals surface area contributed by atoms with Crippen LogP contribution in [0.4, 0.5) is 44.9 Å². The van der Waals surface area contributed by atoms with E-state index in [1.54, 1.807) is 73.0 Å².